The fourth-order valence-electron chi connectivity index (χ4n) is 6.49. The van der Waals surface area contributed by atoms with Crippen LogP contribution in [0.5, 0.6) is 0 Å². The number of nitrogens with zero attached hydrogens (tertiary/aromatic N) is 4. The molecule has 0 amide bonds. The molecule has 2 aliphatic heterocycles. The van der Waals surface area contributed by atoms with Crippen molar-refractivity contribution in [1.29, 1.82) is 0 Å². The van der Waals surface area contributed by atoms with Crippen LogP contribution < -0.4 is 20.4 Å². The first-order chi connectivity index (χ1) is 18.5. The Kier molecular flexibility index (Phi) is 9.26. The lowest BCUT2D eigenvalue weighted by Gasteiger charge is -2.38. The highest BCUT2D eigenvalue weighted by molar-refractivity contribution is 7.80. The highest BCUT2D eigenvalue weighted by Gasteiger charge is 2.34. The van der Waals surface area contributed by atoms with Gasteiger partial charge in [0.2, 0.25) is 5.95 Å². The number of aromatic nitrogens is 2. The number of thiocarbonyl (C=S) groups is 1. The number of hydrogen-bond donors (Lipinski definition) is 2. The van der Waals surface area contributed by atoms with Crippen LogP contribution in [-0.4, -0.2) is 47.8 Å². The molecule has 1 atom stereocenters. The number of hydrogen-bond acceptors (Lipinski definition) is 5. The molecule has 6 nitrogen and oxygen atoms in total. The maximum absolute atomic E-state index is 6.20. The molecule has 0 radical (unpaired) electrons. The van der Waals surface area contributed by atoms with Gasteiger partial charge in [-0.3, -0.25) is 0 Å². The predicted molar refractivity (Wildman–Crippen MR) is 164 cm³/mol. The fraction of sp³-hybridized carbons (Fsp3) is 0.633. The number of halogens is 1. The third-order valence-electron chi connectivity index (χ3n) is 8.69. The van der Waals surface area contributed by atoms with Crippen LogP contribution in [0.2, 0.25) is 5.02 Å². The molecule has 38 heavy (non-hydrogen) atoms. The first-order valence-corrected chi connectivity index (χ1v) is 15.5. The van der Waals surface area contributed by atoms with Gasteiger partial charge in [-0.05, 0) is 74.4 Å². The predicted octanol–water partition coefficient (Wildman–Crippen LogP) is 6.94. The van der Waals surface area contributed by atoms with E-state index in [1.165, 1.54) is 63.4 Å². The fourth-order valence-corrected chi connectivity index (χ4v) is 6.78. The SMILES string of the molecule is C[C@H]1CCCN(c2cc(N3CCCCCC3)nc(NC(=S)NCC3(c4ccc(Cl)cc4)CCCCC3)n2)C1. The number of benzene rings is 1. The largest absolute Gasteiger partial charge is 0.361 e. The van der Waals surface area contributed by atoms with E-state index in [2.05, 4.69) is 45.6 Å². The minimum atomic E-state index is 0.0679. The molecule has 0 bridgehead atoms. The van der Waals surface area contributed by atoms with Gasteiger partial charge in [0.25, 0.3) is 0 Å². The summed E-state index contributed by atoms with van der Waals surface area (Å²) in [7, 11) is 0. The van der Waals surface area contributed by atoms with Gasteiger partial charge in [-0.1, -0.05) is 62.8 Å². The van der Waals surface area contributed by atoms with E-state index in [9.17, 15) is 0 Å². The molecule has 0 spiro atoms. The van der Waals surface area contributed by atoms with E-state index in [1.54, 1.807) is 0 Å². The van der Waals surface area contributed by atoms with Crippen molar-refractivity contribution in [2.75, 3.05) is 47.8 Å². The minimum absolute atomic E-state index is 0.0679. The van der Waals surface area contributed by atoms with Crippen LogP contribution in [0.3, 0.4) is 0 Å². The van der Waals surface area contributed by atoms with Crippen LogP contribution in [0.25, 0.3) is 0 Å². The van der Waals surface area contributed by atoms with E-state index in [0.29, 0.717) is 17.0 Å². The minimum Gasteiger partial charge on any atom is -0.361 e. The topological polar surface area (TPSA) is 56.3 Å². The summed E-state index contributed by atoms with van der Waals surface area (Å²) in [6.45, 7) is 7.33. The molecule has 1 aromatic carbocycles. The molecule has 3 heterocycles. The van der Waals surface area contributed by atoms with Gasteiger partial charge in [-0.15, -0.1) is 0 Å². The van der Waals surface area contributed by atoms with Gasteiger partial charge >= 0.3 is 0 Å². The molecule has 2 saturated heterocycles. The van der Waals surface area contributed by atoms with E-state index in [1.807, 2.05) is 12.1 Å². The number of piperidine rings is 1. The van der Waals surface area contributed by atoms with Crippen molar-refractivity contribution in [1.82, 2.24) is 15.3 Å². The van der Waals surface area contributed by atoms with E-state index in [0.717, 1.165) is 62.2 Å². The van der Waals surface area contributed by atoms with Crippen molar-refractivity contribution in [3.8, 4) is 0 Å². The molecule has 2 N–H and O–H groups in total. The van der Waals surface area contributed by atoms with E-state index >= 15 is 0 Å². The second kappa shape index (κ2) is 12.8. The molecular weight excluding hydrogens is 512 g/mol. The standard InChI is InChI=1S/C30H43ClN6S/c1-23-10-9-19-37(21-23)27-20-26(36-17-7-2-3-8-18-36)33-28(34-27)35-29(38)32-22-30(15-5-4-6-16-30)24-11-13-25(31)14-12-24/h11-14,20,23H,2-10,15-19,21-22H2,1H3,(H2,32,33,34,35,38)/t23-/m0/s1. The quantitative estimate of drug-likeness (QED) is 0.375. The smallest absolute Gasteiger partial charge is 0.232 e. The highest BCUT2D eigenvalue weighted by atomic mass is 35.5. The Morgan fingerprint density at radius 1 is 0.921 bits per heavy atom. The molecule has 3 aliphatic rings. The summed E-state index contributed by atoms with van der Waals surface area (Å²) < 4.78 is 0. The Bertz CT molecular complexity index is 1040. The molecule has 0 unspecified atom stereocenters. The van der Waals surface area contributed by atoms with Crippen LogP contribution in [-0.2, 0) is 5.41 Å². The Morgan fingerprint density at radius 3 is 2.24 bits per heavy atom. The number of rotatable bonds is 6. The Morgan fingerprint density at radius 2 is 1.55 bits per heavy atom. The van der Waals surface area contributed by atoms with Crippen molar-refractivity contribution in [2.45, 2.75) is 83.0 Å². The molecule has 8 heteroatoms. The molecule has 2 aromatic rings. The Hall–Kier alpha value is -2.12. The lowest BCUT2D eigenvalue weighted by atomic mass is 9.69. The molecule has 1 aliphatic carbocycles. The Labute approximate surface area is 238 Å². The first-order valence-electron chi connectivity index (χ1n) is 14.7. The average molecular weight is 555 g/mol. The lowest BCUT2D eigenvalue weighted by Crippen LogP contribution is -2.43. The molecule has 3 fully saturated rings. The van der Waals surface area contributed by atoms with Crippen molar-refractivity contribution in [2.24, 2.45) is 5.92 Å². The average Bonchev–Trinajstić information content (AvgIpc) is 3.23. The van der Waals surface area contributed by atoms with Crippen LogP contribution in [0.15, 0.2) is 30.3 Å². The number of anilines is 3. The normalized spacial score (nSPS) is 22.0. The van der Waals surface area contributed by atoms with Gasteiger partial charge in [0.05, 0.1) is 0 Å². The van der Waals surface area contributed by atoms with E-state index in [-0.39, 0.29) is 5.41 Å². The maximum atomic E-state index is 6.20. The van der Waals surface area contributed by atoms with E-state index in [4.69, 9.17) is 33.8 Å². The molecular formula is C30H43ClN6S. The summed E-state index contributed by atoms with van der Waals surface area (Å²) >= 11 is 12.0. The third kappa shape index (κ3) is 6.90. The first kappa shape index (κ1) is 27.4. The summed E-state index contributed by atoms with van der Waals surface area (Å²) in [5.41, 5.74) is 1.41. The molecule has 1 aromatic heterocycles. The zero-order chi connectivity index (χ0) is 26.4. The number of nitrogens with one attached hydrogen (secondary N) is 2. The van der Waals surface area contributed by atoms with Crippen LogP contribution in [0, 0.1) is 5.92 Å². The van der Waals surface area contributed by atoms with Gasteiger partial charge in [0, 0.05) is 49.2 Å². The van der Waals surface area contributed by atoms with Crippen molar-refractivity contribution >= 4 is 46.5 Å². The maximum Gasteiger partial charge on any atom is 0.232 e. The second-order valence-corrected chi connectivity index (χ2v) is 12.5. The summed E-state index contributed by atoms with van der Waals surface area (Å²) in [4.78, 5) is 14.8. The van der Waals surface area contributed by atoms with Gasteiger partial charge in [0.15, 0.2) is 5.11 Å². The van der Waals surface area contributed by atoms with Gasteiger partial charge in [-0.25, -0.2) is 0 Å². The van der Waals surface area contributed by atoms with Crippen LogP contribution in [0.4, 0.5) is 17.6 Å². The van der Waals surface area contributed by atoms with Crippen LogP contribution >= 0.6 is 23.8 Å². The zero-order valence-electron chi connectivity index (χ0n) is 22.9. The third-order valence-corrected chi connectivity index (χ3v) is 9.19. The summed E-state index contributed by atoms with van der Waals surface area (Å²) in [6, 6.07) is 10.6. The summed E-state index contributed by atoms with van der Waals surface area (Å²) in [6.07, 6.45) is 13.6. The van der Waals surface area contributed by atoms with Crippen molar-refractivity contribution in [3.05, 3.63) is 40.9 Å². The van der Waals surface area contributed by atoms with Crippen molar-refractivity contribution in [3.63, 3.8) is 0 Å². The van der Waals surface area contributed by atoms with Gasteiger partial charge in [0.1, 0.15) is 11.6 Å². The van der Waals surface area contributed by atoms with Gasteiger partial charge in [-0.2, -0.15) is 9.97 Å². The Balaban J connectivity index is 1.33. The van der Waals surface area contributed by atoms with Crippen LogP contribution in [0.1, 0.15) is 83.1 Å². The monoisotopic (exact) mass is 554 g/mol. The highest BCUT2D eigenvalue weighted by Crippen LogP contribution is 2.39. The van der Waals surface area contributed by atoms with Crippen molar-refractivity contribution < 1.29 is 0 Å². The molecule has 206 valence electrons. The van der Waals surface area contributed by atoms with Gasteiger partial charge < -0.3 is 20.4 Å². The molecule has 1 saturated carbocycles. The summed E-state index contributed by atoms with van der Waals surface area (Å²) in [5, 5.41) is 8.29. The molecule has 5 rings (SSSR count). The van der Waals surface area contributed by atoms with E-state index < -0.39 is 0 Å². The zero-order valence-corrected chi connectivity index (χ0v) is 24.4. The second-order valence-electron chi connectivity index (χ2n) is 11.7. The summed E-state index contributed by atoms with van der Waals surface area (Å²) in [5.74, 6) is 3.31. The lowest BCUT2D eigenvalue weighted by molar-refractivity contribution is 0.292.